The van der Waals surface area contributed by atoms with Crippen LogP contribution in [0.1, 0.15) is 23.7 Å². The highest BCUT2D eigenvalue weighted by Gasteiger charge is 2.29. The standard InChI is InChI=1S/C12H11F3O3S/c1-7(11(17)18)6-10(16)8-2-4-9(5-3-8)19-12(13,14)15/h2-5,7H,6H2,1H3,(H,17,18). The average molecular weight is 292 g/mol. The number of Topliss-reactive ketones (excluding diaryl/α,β-unsaturated/α-hetero) is 1. The van der Waals surface area contributed by atoms with Gasteiger partial charge in [-0.1, -0.05) is 19.1 Å². The SMILES string of the molecule is CC(CC(=O)c1ccc(SC(F)(F)F)cc1)C(=O)O. The number of hydrogen-bond donors (Lipinski definition) is 1. The van der Waals surface area contributed by atoms with Crippen molar-refractivity contribution in [3.63, 3.8) is 0 Å². The third-order valence-electron chi connectivity index (χ3n) is 2.32. The largest absolute Gasteiger partial charge is 0.481 e. The van der Waals surface area contributed by atoms with Gasteiger partial charge in [-0.05, 0) is 23.9 Å². The number of ketones is 1. The molecule has 1 rings (SSSR count). The highest BCUT2D eigenvalue weighted by atomic mass is 32.2. The van der Waals surface area contributed by atoms with Crippen molar-refractivity contribution in [3.05, 3.63) is 29.8 Å². The monoisotopic (exact) mass is 292 g/mol. The van der Waals surface area contributed by atoms with Crippen molar-refractivity contribution in [3.8, 4) is 0 Å². The second kappa shape index (κ2) is 6.10. The Hall–Kier alpha value is -1.50. The van der Waals surface area contributed by atoms with Gasteiger partial charge in [0, 0.05) is 16.9 Å². The summed E-state index contributed by atoms with van der Waals surface area (Å²) in [7, 11) is 0. The van der Waals surface area contributed by atoms with E-state index in [1.807, 2.05) is 0 Å². The fourth-order valence-electron chi connectivity index (χ4n) is 1.33. The molecule has 3 nitrogen and oxygen atoms in total. The summed E-state index contributed by atoms with van der Waals surface area (Å²) in [5.74, 6) is -2.31. The van der Waals surface area contributed by atoms with Gasteiger partial charge in [-0.15, -0.1) is 0 Å². The molecule has 0 aliphatic carbocycles. The third-order valence-corrected chi connectivity index (χ3v) is 3.06. The number of alkyl halides is 3. The summed E-state index contributed by atoms with van der Waals surface area (Å²) in [5.41, 5.74) is -4.16. The first-order chi connectivity index (χ1) is 8.69. The zero-order chi connectivity index (χ0) is 14.6. The Labute approximate surface area is 111 Å². The lowest BCUT2D eigenvalue weighted by molar-refractivity contribution is -0.141. The van der Waals surface area contributed by atoms with Crippen LogP contribution in [0.3, 0.4) is 0 Å². The Morgan fingerprint density at radius 1 is 1.26 bits per heavy atom. The second-order valence-corrected chi connectivity index (χ2v) is 5.08. The molecular formula is C12H11F3O3S. The maximum absolute atomic E-state index is 12.1. The van der Waals surface area contributed by atoms with Crippen LogP contribution >= 0.6 is 11.8 Å². The summed E-state index contributed by atoms with van der Waals surface area (Å²) in [4.78, 5) is 22.2. The molecule has 0 bridgehead atoms. The molecule has 0 aliphatic rings. The van der Waals surface area contributed by atoms with E-state index in [2.05, 4.69) is 0 Å². The molecule has 1 unspecified atom stereocenters. The first-order valence-electron chi connectivity index (χ1n) is 5.31. The highest BCUT2D eigenvalue weighted by molar-refractivity contribution is 8.00. The van der Waals surface area contributed by atoms with Crippen LogP contribution in [0.4, 0.5) is 13.2 Å². The van der Waals surface area contributed by atoms with Gasteiger partial charge < -0.3 is 5.11 Å². The van der Waals surface area contributed by atoms with Crippen molar-refractivity contribution in [1.29, 1.82) is 0 Å². The molecule has 1 aromatic rings. The predicted octanol–water partition coefficient (Wildman–Crippen LogP) is 3.59. The molecule has 19 heavy (non-hydrogen) atoms. The number of benzene rings is 1. The van der Waals surface area contributed by atoms with E-state index >= 15 is 0 Å². The number of thioether (sulfide) groups is 1. The molecule has 0 aromatic heterocycles. The Morgan fingerprint density at radius 3 is 2.21 bits per heavy atom. The molecule has 0 aliphatic heterocycles. The molecule has 0 radical (unpaired) electrons. The van der Waals surface area contributed by atoms with Crippen LogP contribution in [0, 0.1) is 5.92 Å². The lowest BCUT2D eigenvalue weighted by Gasteiger charge is -2.07. The van der Waals surface area contributed by atoms with E-state index in [1.54, 1.807) is 0 Å². The summed E-state index contributed by atoms with van der Waals surface area (Å²) in [6.07, 6.45) is -0.179. The molecule has 1 aromatic carbocycles. The lowest BCUT2D eigenvalue weighted by Crippen LogP contribution is -2.14. The zero-order valence-corrected chi connectivity index (χ0v) is 10.7. The topological polar surface area (TPSA) is 54.4 Å². The molecule has 1 N–H and O–H groups in total. The smallest absolute Gasteiger partial charge is 0.446 e. The van der Waals surface area contributed by atoms with Crippen molar-refractivity contribution in [2.45, 2.75) is 23.7 Å². The average Bonchev–Trinajstić information content (AvgIpc) is 2.27. The van der Waals surface area contributed by atoms with E-state index in [0.717, 1.165) is 0 Å². The molecular weight excluding hydrogens is 281 g/mol. The number of carbonyl (C=O) groups excluding carboxylic acids is 1. The van der Waals surface area contributed by atoms with Crippen LogP contribution in [-0.2, 0) is 4.79 Å². The molecule has 1 atom stereocenters. The normalized spacial score (nSPS) is 13.1. The van der Waals surface area contributed by atoms with E-state index in [4.69, 9.17) is 5.11 Å². The van der Waals surface area contributed by atoms with E-state index < -0.39 is 23.2 Å². The van der Waals surface area contributed by atoms with Gasteiger partial charge in [-0.3, -0.25) is 9.59 Å². The highest BCUT2D eigenvalue weighted by Crippen LogP contribution is 2.36. The summed E-state index contributed by atoms with van der Waals surface area (Å²) >= 11 is -0.265. The molecule has 0 saturated heterocycles. The summed E-state index contributed by atoms with van der Waals surface area (Å²) in [6, 6.07) is 4.92. The van der Waals surface area contributed by atoms with Crippen molar-refractivity contribution < 1.29 is 27.9 Å². The number of hydrogen-bond acceptors (Lipinski definition) is 3. The third kappa shape index (κ3) is 5.34. The first kappa shape index (κ1) is 15.6. The summed E-state index contributed by atoms with van der Waals surface area (Å²) in [6.45, 7) is 1.40. The number of carboxylic acids is 1. The number of aliphatic carboxylic acids is 1. The lowest BCUT2D eigenvalue weighted by atomic mass is 10.00. The quantitative estimate of drug-likeness (QED) is 0.665. The van der Waals surface area contributed by atoms with Crippen LogP contribution in [-0.4, -0.2) is 22.4 Å². The molecule has 0 spiro atoms. The number of carboxylic acid groups (broad SMARTS) is 1. The molecule has 0 heterocycles. The molecule has 0 saturated carbocycles. The van der Waals surface area contributed by atoms with Gasteiger partial charge in [0.2, 0.25) is 0 Å². The van der Waals surface area contributed by atoms with Gasteiger partial charge in [-0.25, -0.2) is 0 Å². The minimum absolute atomic E-state index is 0.0182. The van der Waals surface area contributed by atoms with Gasteiger partial charge in [0.1, 0.15) is 0 Å². The Bertz CT molecular complexity index is 468. The van der Waals surface area contributed by atoms with Gasteiger partial charge in [0.15, 0.2) is 5.78 Å². The maximum Gasteiger partial charge on any atom is 0.446 e. The van der Waals surface area contributed by atoms with E-state index in [0.29, 0.717) is 0 Å². The van der Waals surface area contributed by atoms with Crippen LogP contribution < -0.4 is 0 Å². The number of carbonyl (C=O) groups is 2. The van der Waals surface area contributed by atoms with Crippen LogP contribution in [0.25, 0.3) is 0 Å². The van der Waals surface area contributed by atoms with Gasteiger partial charge in [0.25, 0.3) is 0 Å². The van der Waals surface area contributed by atoms with E-state index in [1.165, 1.54) is 31.2 Å². The van der Waals surface area contributed by atoms with E-state index in [-0.39, 0.29) is 28.6 Å². The molecule has 0 amide bonds. The van der Waals surface area contributed by atoms with Gasteiger partial charge in [0.05, 0.1) is 5.92 Å². The first-order valence-corrected chi connectivity index (χ1v) is 6.12. The van der Waals surface area contributed by atoms with Crippen LogP contribution in [0.15, 0.2) is 29.2 Å². The van der Waals surface area contributed by atoms with Crippen molar-refractivity contribution in [2.75, 3.05) is 0 Å². The minimum atomic E-state index is -4.37. The fourth-order valence-corrected chi connectivity index (χ4v) is 1.87. The van der Waals surface area contributed by atoms with Crippen molar-refractivity contribution in [2.24, 2.45) is 5.92 Å². The second-order valence-electron chi connectivity index (χ2n) is 3.94. The van der Waals surface area contributed by atoms with Gasteiger partial charge >= 0.3 is 11.5 Å². The molecule has 0 fully saturated rings. The predicted molar refractivity (Wildman–Crippen MR) is 64.1 cm³/mol. The van der Waals surface area contributed by atoms with Crippen LogP contribution in [0.2, 0.25) is 0 Å². The van der Waals surface area contributed by atoms with Gasteiger partial charge in [-0.2, -0.15) is 13.2 Å². The maximum atomic E-state index is 12.1. The summed E-state index contributed by atoms with van der Waals surface area (Å²) < 4.78 is 36.3. The van der Waals surface area contributed by atoms with Crippen molar-refractivity contribution in [1.82, 2.24) is 0 Å². The fraction of sp³-hybridized carbons (Fsp3) is 0.333. The van der Waals surface area contributed by atoms with E-state index in [9.17, 15) is 22.8 Å². The Balaban J connectivity index is 2.71. The summed E-state index contributed by atoms with van der Waals surface area (Å²) in [5, 5.41) is 8.67. The molecule has 104 valence electrons. The minimum Gasteiger partial charge on any atom is -0.481 e. The number of rotatable bonds is 5. The zero-order valence-electron chi connectivity index (χ0n) is 9.90. The Kier molecular flexibility index (Phi) is 4.99. The molecule has 7 heteroatoms. The van der Waals surface area contributed by atoms with Crippen molar-refractivity contribution >= 4 is 23.5 Å². The number of halogens is 3. The Morgan fingerprint density at radius 2 is 1.79 bits per heavy atom. The van der Waals surface area contributed by atoms with Crippen LogP contribution in [0.5, 0.6) is 0 Å².